The number of thiol groups is 1. The molecule has 0 atom stereocenters. The average Bonchev–Trinajstić information content (AvgIpc) is 2.06. The summed E-state index contributed by atoms with van der Waals surface area (Å²) in [5.41, 5.74) is 1.19. The Labute approximate surface area is 73.4 Å². The number of rotatable bonds is 2. The fourth-order valence-corrected chi connectivity index (χ4v) is 1.05. The van der Waals surface area contributed by atoms with Gasteiger partial charge in [0, 0.05) is 5.54 Å². The molecule has 0 aliphatic heterocycles. The van der Waals surface area contributed by atoms with Gasteiger partial charge in [-0.25, -0.2) is 0 Å². The van der Waals surface area contributed by atoms with Crippen molar-refractivity contribution in [1.82, 2.24) is 4.72 Å². The van der Waals surface area contributed by atoms with Gasteiger partial charge in [0.05, 0.1) is 0 Å². The molecule has 0 radical (unpaired) electrons. The molecule has 1 rings (SSSR count). The van der Waals surface area contributed by atoms with Crippen LogP contribution in [0.25, 0.3) is 0 Å². The van der Waals surface area contributed by atoms with Gasteiger partial charge in [-0.1, -0.05) is 43.1 Å². The van der Waals surface area contributed by atoms with Gasteiger partial charge in [0.1, 0.15) is 0 Å². The molecule has 1 N–H and O–H groups in total. The van der Waals surface area contributed by atoms with E-state index in [1.165, 1.54) is 5.56 Å². The van der Waals surface area contributed by atoms with E-state index in [1.54, 1.807) is 0 Å². The van der Waals surface area contributed by atoms with Crippen LogP contribution in [0.3, 0.4) is 0 Å². The fourth-order valence-electron chi connectivity index (χ4n) is 0.919. The maximum absolute atomic E-state index is 4.06. The Morgan fingerprint density at radius 2 is 1.73 bits per heavy atom. The molecule has 0 fully saturated rings. The standard InChI is InChI=1S/C9H13NS/c1-9(2,10-11)8-6-4-3-5-7-8/h3-7,10-11H,1-2H3. The summed E-state index contributed by atoms with van der Waals surface area (Å²) in [4.78, 5) is 0. The first-order valence-corrected chi connectivity index (χ1v) is 4.08. The number of nitrogens with one attached hydrogen (secondary N) is 1. The van der Waals surface area contributed by atoms with Crippen molar-refractivity contribution >= 4 is 12.8 Å². The van der Waals surface area contributed by atoms with Gasteiger partial charge in [-0.05, 0) is 19.4 Å². The molecule has 1 nitrogen and oxygen atoms in total. The molecule has 0 aliphatic carbocycles. The van der Waals surface area contributed by atoms with Gasteiger partial charge in [-0.3, -0.25) is 4.72 Å². The topological polar surface area (TPSA) is 12.0 Å². The van der Waals surface area contributed by atoms with Crippen molar-refractivity contribution in [3.05, 3.63) is 35.9 Å². The molecule has 0 spiro atoms. The summed E-state index contributed by atoms with van der Waals surface area (Å²) in [6.45, 7) is 4.19. The smallest absolute Gasteiger partial charge is 0.0472 e. The Morgan fingerprint density at radius 3 is 2.18 bits per heavy atom. The minimum absolute atomic E-state index is 0.0512. The largest absolute Gasteiger partial charge is 0.257 e. The highest BCUT2D eigenvalue weighted by Gasteiger charge is 2.16. The highest BCUT2D eigenvalue weighted by Crippen LogP contribution is 2.19. The van der Waals surface area contributed by atoms with Crippen molar-refractivity contribution in [2.24, 2.45) is 0 Å². The molecule has 0 saturated heterocycles. The third-order valence-electron chi connectivity index (χ3n) is 1.77. The Kier molecular flexibility index (Phi) is 2.58. The van der Waals surface area contributed by atoms with Crippen LogP contribution in [0.1, 0.15) is 19.4 Å². The normalized spacial score (nSPS) is 11.5. The molecule has 11 heavy (non-hydrogen) atoms. The third kappa shape index (κ3) is 1.98. The summed E-state index contributed by atoms with van der Waals surface area (Å²) in [5.74, 6) is 0. The maximum atomic E-state index is 4.06. The molecule has 2 heteroatoms. The van der Waals surface area contributed by atoms with Crippen LogP contribution >= 0.6 is 12.8 Å². The van der Waals surface area contributed by atoms with Crippen LogP contribution in [0.5, 0.6) is 0 Å². The summed E-state index contributed by atoms with van der Waals surface area (Å²) in [5, 5.41) is 0. The zero-order valence-corrected chi connectivity index (χ0v) is 7.73. The van der Waals surface area contributed by atoms with Crippen molar-refractivity contribution < 1.29 is 0 Å². The summed E-state index contributed by atoms with van der Waals surface area (Å²) >= 11 is 4.06. The van der Waals surface area contributed by atoms with Gasteiger partial charge in [0.2, 0.25) is 0 Å². The van der Waals surface area contributed by atoms with Crippen molar-refractivity contribution in [2.45, 2.75) is 19.4 Å². The summed E-state index contributed by atoms with van der Waals surface area (Å²) < 4.78 is 2.95. The van der Waals surface area contributed by atoms with Crippen LogP contribution in [0, 0.1) is 0 Å². The second-order valence-electron chi connectivity index (χ2n) is 3.10. The molecule has 60 valence electrons. The lowest BCUT2D eigenvalue weighted by molar-refractivity contribution is 0.512. The van der Waals surface area contributed by atoms with E-state index in [0.29, 0.717) is 0 Å². The molecular weight excluding hydrogens is 154 g/mol. The molecule has 1 aromatic carbocycles. The lowest BCUT2D eigenvalue weighted by atomic mass is 9.96. The minimum Gasteiger partial charge on any atom is -0.257 e. The molecule has 0 saturated carbocycles. The van der Waals surface area contributed by atoms with Crippen molar-refractivity contribution in [1.29, 1.82) is 0 Å². The lowest BCUT2D eigenvalue weighted by Gasteiger charge is -2.23. The third-order valence-corrected chi connectivity index (χ3v) is 2.33. The van der Waals surface area contributed by atoms with Crippen LogP contribution in [0.15, 0.2) is 30.3 Å². The van der Waals surface area contributed by atoms with E-state index in [1.807, 2.05) is 18.2 Å². The van der Waals surface area contributed by atoms with E-state index >= 15 is 0 Å². The highest BCUT2D eigenvalue weighted by molar-refractivity contribution is 7.78. The van der Waals surface area contributed by atoms with Crippen molar-refractivity contribution in [2.75, 3.05) is 0 Å². The quantitative estimate of drug-likeness (QED) is 0.644. The van der Waals surface area contributed by atoms with Crippen LogP contribution in [0.4, 0.5) is 0 Å². The van der Waals surface area contributed by atoms with Crippen molar-refractivity contribution in [3.8, 4) is 0 Å². The Bertz CT molecular complexity index is 218. The summed E-state index contributed by atoms with van der Waals surface area (Å²) in [7, 11) is 0. The molecule has 0 bridgehead atoms. The zero-order valence-electron chi connectivity index (χ0n) is 6.83. The van der Waals surface area contributed by atoms with Gasteiger partial charge in [0.25, 0.3) is 0 Å². The Morgan fingerprint density at radius 1 is 1.18 bits per heavy atom. The number of benzene rings is 1. The molecule has 1 aromatic rings. The van der Waals surface area contributed by atoms with Gasteiger partial charge in [-0.15, -0.1) is 0 Å². The van der Waals surface area contributed by atoms with Gasteiger partial charge in [0.15, 0.2) is 0 Å². The first-order chi connectivity index (χ1) is 5.17. The number of hydrogen-bond acceptors (Lipinski definition) is 2. The van der Waals surface area contributed by atoms with Crippen LogP contribution < -0.4 is 4.72 Å². The minimum atomic E-state index is -0.0512. The first kappa shape index (κ1) is 8.62. The average molecular weight is 167 g/mol. The second kappa shape index (κ2) is 3.28. The Hall–Kier alpha value is -0.470. The molecule has 0 aliphatic rings. The number of hydrogen-bond donors (Lipinski definition) is 2. The van der Waals surface area contributed by atoms with Gasteiger partial charge in [-0.2, -0.15) is 0 Å². The molecule has 0 unspecified atom stereocenters. The Balaban J connectivity index is 2.93. The van der Waals surface area contributed by atoms with E-state index in [0.717, 1.165) is 0 Å². The van der Waals surface area contributed by atoms with E-state index in [2.05, 4.69) is 43.5 Å². The predicted molar refractivity (Wildman–Crippen MR) is 51.6 cm³/mol. The predicted octanol–water partition coefficient (Wildman–Crippen LogP) is 2.36. The SMILES string of the molecule is CC(C)(NS)c1ccccc1. The monoisotopic (exact) mass is 167 g/mol. The van der Waals surface area contributed by atoms with E-state index in [-0.39, 0.29) is 5.54 Å². The maximum Gasteiger partial charge on any atom is 0.0472 e. The van der Waals surface area contributed by atoms with Crippen LogP contribution in [-0.2, 0) is 5.54 Å². The van der Waals surface area contributed by atoms with E-state index in [4.69, 9.17) is 0 Å². The molecular formula is C9H13NS. The van der Waals surface area contributed by atoms with Gasteiger partial charge >= 0.3 is 0 Å². The van der Waals surface area contributed by atoms with Crippen LogP contribution in [-0.4, -0.2) is 0 Å². The highest BCUT2D eigenvalue weighted by atomic mass is 32.1. The molecule has 0 heterocycles. The molecule has 0 aromatic heterocycles. The summed E-state index contributed by atoms with van der Waals surface area (Å²) in [6.07, 6.45) is 0. The first-order valence-electron chi connectivity index (χ1n) is 3.63. The second-order valence-corrected chi connectivity index (χ2v) is 3.33. The summed E-state index contributed by atoms with van der Waals surface area (Å²) in [6, 6.07) is 10.2. The van der Waals surface area contributed by atoms with Crippen LogP contribution in [0.2, 0.25) is 0 Å². The van der Waals surface area contributed by atoms with Crippen molar-refractivity contribution in [3.63, 3.8) is 0 Å². The zero-order chi connectivity index (χ0) is 8.32. The molecule has 0 amide bonds. The van der Waals surface area contributed by atoms with E-state index < -0.39 is 0 Å². The van der Waals surface area contributed by atoms with E-state index in [9.17, 15) is 0 Å². The lowest BCUT2D eigenvalue weighted by Crippen LogP contribution is -2.29. The van der Waals surface area contributed by atoms with Gasteiger partial charge < -0.3 is 0 Å². The fraction of sp³-hybridized carbons (Fsp3) is 0.333.